The highest BCUT2D eigenvalue weighted by atomic mass is 16.2. The highest BCUT2D eigenvalue weighted by molar-refractivity contribution is 5.77. The molecule has 0 unspecified atom stereocenters. The van der Waals surface area contributed by atoms with E-state index in [1.54, 1.807) is 19.0 Å². The lowest BCUT2D eigenvalue weighted by atomic mass is 10.1. The van der Waals surface area contributed by atoms with Crippen LogP contribution in [0.4, 0.5) is 0 Å². The van der Waals surface area contributed by atoms with Crippen LogP contribution in [0.15, 0.2) is 24.3 Å². The third-order valence-electron chi connectivity index (χ3n) is 3.13. The van der Waals surface area contributed by atoms with E-state index in [0.29, 0.717) is 13.0 Å². The zero-order valence-corrected chi connectivity index (χ0v) is 13.1. The summed E-state index contributed by atoms with van der Waals surface area (Å²) in [5.41, 5.74) is 2.11. The van der Waals surface area contributed by atoms with E-state index < -0.39 is 0 Å². The number of benzene rings is 1. The maximum Gasteiger partial charge on any atom is 0.236 e. The molecule has 4 nitrogen and oxygen atoms in total. The molecule has 1 aromatic rings. The monoisotopic (exact) mass is 288 g/mol. The Labute approximate surface area is 127 Å². The number of aliphatic hydroxyl groups is 1. The molecule has 0 aliphatic heterocycles. The van der Waals surface area contributed by atoms with Crippen molar-refractivity contribution in [2.45, 2.75) is 19.9 Å². The summed E-state index contributed by atoms with van der Waals surface area (Å²) < 4.78 is 0. The lowest BCUT2D eigenvalue weighted by Crippen LogP contribution is -2.36. The maximum atomic E-state index is 11.7. The number of hydrogen-bond donors (Lipinski definition) is 1. The first-order valence-corrected chi connectivity index (χ1v) is 7.18. The third kappa shape index (κ3) is 6.44. The highest BCUT2D eigenvalue weighted by Crippen LogP contribution is 2.07. The van der Waals surface area contributed by atoms with Gasteiger partial charge in [-0.3, -0.25) is 9.69 Å². The van der Waals surface area contributed by atoms with E-state index in [1.807, 2.05) is 24.3 Å². The summed E-state index contributed by atoms with van der Waals surface area (Å²) in [5, 5.41) is 8.69. The molecule has 0 saturated heterocycles. The molecule has 0 heterocycles. The molecule has 4 heteroatoms. The number of rotatable bonds is 6. The van der Waals surface area contributed by atoms with Crippen LogP contribution in [0.5, 0.6) is 0 Å². The van der Waals surface area contributed by atoms with Crippen LogP contribution in [0.25, 0.3) is 0 Å². The van der Waals surface area contributed by atoms with Crippen molar-refractivity contribution in [3.8, 4) is 11.8 Å². The zero-order valence-electron chi connectivity index (χ0n) is 13.1. The predicted octanol–water partition coefficient (Wildman–Crippen LogP) is 1.33. The molecule has 1 N–H and O–H groups in total. The Morgan fingerprint density at radius 1 is 1.24 bits per heavy atom. The highest BCUT2D eigenvalue weighted by Gasteiger charge is 2.10. The van der Waals surface area contributed by atoms with Crippen molar-refractivity contribution in [2.75, 3.05) is 33.8 Å². The Kier molecular flexibility index (Phi) is 7.52. The molecule has 1 rings (SSSR count). The minimum absolute atomic E-state index is 0.0937. The van der Waals surface area contributed by atoms with Gasteiger partial charge in [0.1, 0.15) is 0 Å². The minimum Gasteiger partial charge on any atom is -0.395 e. The van der Waals surface area contributed by atoms with Crippen LogP contribution in [0.1, 0.15) is 24.5 Å². The van der Waals surface area contributed by atoms with Gasteiger partial charge in [-0.2, -0.15) is 0 Å². The molecule has 1 amide bonds. The fourth-order valence-electron chi connectivity index (χ4n) is 1.78. The van der Waals surface area contributed by atoms with Crippen molar-refractivity contribution in [3.05, 3.63) is 35.4 Å². The van der Waals surface area contributed by atoms with Gasteiger partial charge in [0.25, 0.3) is 0 Å². The number of amides is 1. The predicted molar refractivity (Wildman–Crippen MR) is 84.7 cm³/mol. The standard InChI is InChI=1S/C17H24N2O2/c1-4-19(14-17(21)18(2)3)13-16-10-8-15(9-11-16)7-5-6-12-20/h8-11,20H,4,6,12-14H2,1-3H3. The normalized spacial score (nSPS) is 10.1. The average molecular weight is 288 g/mol. The average Bonchev–Trinajstić information content (AvgIpc) is 2.48. The van der Waals surface area contributed by atoms with Crippen molar-refractivity contribution >= 4 is 5.91 Å². The van der Waals surface area contributed by atoms with Crippen LogP contribution >= 0.6 is 0 Å². The quantitative estimate of drug-likeness (QED) is 0.803. The number of hydrogen-bond acceptors (Lipinski definition) is 3. The Bertz CT molecular complexity index is 498. The van der Waals surface area contributed by atoms with Crippen LogP contribution < -0.4 is 0 Å². The van der Waals surface area contributed by atoms with Crippen molar-refractivity contribution in [1.29, 1.82) is 0 Å². The number of likely N-dealkylation sites (N-methyl/N-ethyl adjacent to an activating group) is 2. The van der Waals surface area contributed by atoms with Gasteiger partial charge >= 0.3 is 0 Å². The van der Waals surface area contributed by atoms with Gasteiger partial charge in [0.05, 0.1) is 13.2 Å². The summed E-state index contributed by atoms with van der Waals surface area (Å²) in [5.74, 6) is 6.02. The fraction of sp³-hybridized carbons (Fsp3) is 0.471. The fourth-order valence-corrected chi connectivity index (χ4v) is 1.78. The van der Waals surface area contributed by atoms with Crippen molar-refractivity contribution in [3.63, 3.8) is 0 Å². The molecular formula is C17H24N2O2. The van der Waals surface area contributed by atoms with Crippen LogP contribution in [-0.4, -0.2) is 54.6 Å². The molecule has 0 aromatic heterocycles. The first-order chi connectivity index (χ1) is 10.1. The van der Waals surface area contributed by atoms with E-state index in [-0.39, 0.29) is 12.5 Å². The van der Waals surface area contributed by atoms with Gasteiger partial charge in [-0.1, -0.05) is 30.9 Å². The van der Waals surface area contributed by atoms with Gasteiger partial charge in [-0.05, 0) is 24.2 Å². The van der Waals surface area contributed by atoms with E-state index in [1.165, 1.54) is 0 Å². The number of aliphatic hydroxyl groups excluding tert-OH is 1. The molecule has 114 valence electrons. The Morgan fingerprint density at radius 3 is 2.43 bits per heavy atom. The summed E-state index contributed by atoms with van der Waals surface area (Å²) >= 11 is 0. The Morgan fingerprint density at radius 2 is 1.90 bits per heavy atom. The smallest absolute Gasteiger partial charge is 0.236 e. The second kappa shape index (κ2) is 9.17. The molecule has 0 radical (unpaired) electrons. The number of carbonyl (C=O) groups is 1. The first-order valence-electron chi connectivity index (χ1n) is 7.18. The van der Waals surface area contributed by atoms with Crippen LogP contribution in [0, 0.1) is 11.8 Å². The van der Waals surface area contributed by atoms with Crippen LogP contribution in [0.3, 0.4) is 0 Å². The molecule has 0 atom stereocenters. The molecule has 21 heavy (non-hydrogen) atoms. The first kappa shape index (κ1) is 17.2. The third-order valence-corrected chi connectivity index (χ3v) is 3.13. The van der Waals surface area contributed by atoms with E-state index >= 15 is 0 Å². The summed E-state index contributed by atoms with van der Waals surface area (Å²) in [6.45, 7) is 4.16. The summed E-state index contributed by atoms with van der Waals surface area (Å²) in [6, 6.07) is 8.01. The zero-order chi connectivity index (χ0) is 15.7. The van der Waals surface area contributed by atoms with Crippen LogP contribution in [-0.2, 0) is 11.3 Å². The van der Waals surface area contributed by atoms with E-state index in [4.69, 9.17) is 5.11 Å². The van der Waals surface area contributed by atoms with Gasteiger partial charge < -0.3 is 10.0 Å². The molecule has 0 saturated carbocycles. The summed E-state index contributed by atoms with van der Waals surface area (Å²) in [7, 11) is 3.55. The maximum absolute atomic E-state index is 11.7. The molecule has 0 aliphatic rings. The van der Waals surface area contributed by atoms with E-state index in [0.717, 1.165) is 24.2 Å². The summed E-state index contributed by atoms with van der Waals surface area (Å²) in [4.78, 5) is 15.5. The lowest BCUT2D eigenvalue weighted by molar-refractivity contribution is -0.130. The van der Waals surface area contributed by atoms with Gasteiger partial charge in [-0.15, -0.1) is 0 Å². The molecule has 0 aliphatic carbocycles. The van der Waals surface area contributed by atoms with Crippen molar-refractivity contribution < 1.29 is 9.90 Å². The molecule has 0 spiro atoms. The second-order valence-electron chi connectivity index (χ2n) is 5.06. The minimum atomic E-state index is 0.0937. The largest absolute Gasteiger partial charge is 0.395 e. The molecule has 1 aromatic carbocycles. The molecule has 0 fully saturated rings. The van der Waals surface area contributed by atoms with E-state index in [9.17, 15) is 4.79 Å². The second-order valence-corrected chi connectivity index (χ2v) is 5.06. The molecule has 0 bridgehead atoms. The summed E-state index contributed by atoms with van der Waals surface area (Å²) in [6.07, 6.45) is 0.498. The van der Waals surface area contributed by atoms with Gasteiger partial charge in [0.2, 0.25) is 5.91 Å². The van der Waals surface area contributed by atoms with Gasteiger partial charge in [-0.25, -0.2) is 0 Å². The lowest BCUT2D eigenvalue weighted by Gasteiger charge is -2.22. The SMILES string of the molecule is CCN(CC(=O)N(C)C)Cc1ccc(C#CCCO)cc1. The van der Waals surface area contributed by atoms with Gasteiger partial charge in [0, 0.05) is 32.6 Å². The van der Waals surface area contributed by atoms with E-state index in [2.05, 4.69) is 23.7 Å². The van der Waals surface area contributed by atoms with Crippen molar-refractivity contribution in [1.82, 2.24) is 9.80 Å². The van der Waals surface area contributed by atoms with Gasteiger partial charge in [0.15, 0.2) is 0 Å². The molecular weight excluding hydrogens is 264 g/mol. The van der Waals surface area contributed by atoms with Crippen LogP contribution in [0.2, 0.25) is 0 Å². The number of nitrogens with zero attached hydrogens (tertiary/aromatic N) is 2. The Hall–Kier alpha value is -1.83. The Balaban J connectivity index is 2.61. The number of carbonyl (C=O) groups excluding carboxylic acids is 1. The topological polar surface area (TPSA) is 43.8 Å². The van der Waals surface area contributed by atoms with Crippen molar-refractivity contribution in [2.24, 2.45) is 0 Å².